The van der Waals surface area contributed by atoms with Crippen molar-refractivity contribution in [3.63, 3.8) is 0 Å². The summed E-state index contributed by atoms with van der Waals surface area (Å²) in [6.07, 6.45) is 0. The molecule has 0 bridgehead atoms. The number of hydrogen-bond donors (Lipinski definition) is 0. The largest absolute Gasteiger partial charge is 0.471 e. The molecule has 0 spiro atoms. The summed E-state index contributed by atoms with van der Waals surface area (Å²) >= 11 is 0. The number of nitro groups is 1. The van der Waals surface area contributed by atoms with E-state index in [0.717, 1.165) is 33.2 Å². The van der Waals surface area contributed by atoms with E-state index in [1.165, 1.54) is 12.1 Å². The van der Waals surface area contributed by atoms with Crippen LogP contribution in [0.15, 0.2) is 54.6 Å². The molecule has 8 nitrogen and oxygen atoms in total. The Labute approximate surface area is 189 Å². The number of ether oxygens (including phenoxy) is 3. The van der Waals surface area contributed by atoms with Crippen molar-refractivity contribution >= 4 is 16.5 Å². The Morgan fingerprint density at radius 1 is 1.06 bits per heavy atom. The van der Waals surface area contributed by atoms with E-state index in [4.69, 9.17) is 14.2 Å². The summed E-state index contributed by atoms with van der Waals surface area (Å²) in [6, 6.07) is 17.0. The van der Waals surface area contributed by atoms with Crippen LogP contribution in [0, 0.1) is 24.0 Å². The highest BCUT2D eigenvalue weighted by atomic mass is 16.7. The topological polar surface area (TPSA) is 96.6 Å². The Kier molecular flexibility index (Phi) is 5.35. The summed E-state index contributed by atoms with van der Waals surface area (Å²) in [6.45, 7) is 4.47. The number of rotatable bonds is 5. The lowest BCUT2D eigenvalue weighted by molar-refractivity contribution is -0.385. The fourth-order valence-electron chi connectivity index (χ4n) is 4.02. The van der Waals surface area contributed by atoms with Crippen LogP contribution in [0.5, 0.6) is 11.6 Å². The van der Waals surface area contributed by atoms with Gasteiger partial charge in [-0.1, -0.05) is 35.9 Å². The zero-order valence-corrected chi connectivity index (χ0v) is 18.2. The SMILES string of the molecule is Cc1ccc(C)c(-c2nnc(OCc3cc([N+](=O)[O-])cc4c3OCOC4)c3ccccc23)c1. The summed E-state index contributed by atoms with van der Waals surface area (Å²) < 4.78 is 16.9. The normalized spacial score (nSPS) is 12.8. The van der Waals surface area contributed by atoms with E-state index < -0.39 is 4.92 Å². The van der Waals surface area contributed by atoms with Crippen LogP contribution >= 0.6 is 0 Å². The van der Waals surface area contributed by atoms with Gasteiger partial charge < -0.3 is 14.2 Å². The first kappa shape index (κ1) is 20.8. The molecular weight excluding hydrogens is 422 g/mol. The highest BCUT2D eigenvalue weighted by Gasteiger charge is 2.22. The molecule has 8 heteroatoms. The van der Waals surface area contributed by atoms with Gasteiger partial charge in [0, 0.05) is 39.6 Å². The van der Waals surface area contributed by atoms with Crippen LogP contribution < -0.4 is 9.47 Å². The summed E-state index contributed by atoms with van der Waals surface area (Å²) in [5, 5.41) is 22.0. The number of aromatic nitrogens is 2. The van der Waals surface area contributed by atoms with E-state index in [0.29, 0.717) is 22.8 Å². The first-order valence-electron chi connectivity index (χ1n) is 10.5. The van der Waals surface area contributed by atoms with E-state index in [1.807, 2.05) is 38.1 Å². The number of aryl methyl sites for hydroxylation is 2. The number of benzene rings is 3. The molecule has 0 N–H and O–H groups in total. The average molecular weight is 443 g/mol. The Bertz CT molecular complexity index is 1390. The van der Waals surface area contributed by atoms with Crippen LogP contribution in [0.2, 0.25) is 0 Å². The van der Waals surface area contributed by atoms with Gasteiger partial charge in [-0.2, -0.15) is 0 Å². The minimum absolute atomic E-state index is 0.0392. The fraction of sp³-hybridized carbons (Fsp3) is 0.200. The van der Waals surface area contributed by atoms with Crippen LogP contribution in [-0.2, 0) is 18.0 Å². The van der Waals surface area contributed by atoms with Crippen molar-refractivity contribution in [3.05, 3.63) is 87.0 Å². The van der Waals surface area contributed by atoms with E-state index in [1.54, 1.807) is 0 Å². The molecule has 0 atom stereocenters. The van der Waals surface area contributed by atoms with E-state index in [9.17, 15) is 10.1 Å². The van der Waals surface area contributed by atoms with Crippen molar-refractivity contribution in [2.24, 2.45) is 0 Å². The summed E-state index contributed by atoms with van der Waals surface area (Å²) in [7, 11) is 0. The highest BCUT2D eigenvalue weighted by Crippen LogP contribution is 2.36. The zero-order valence-electron chi connectivity index (χ0n) is 18.2. The fourth-order valence-corrected chi connectivity index (χ4v) is 4.02. The average Bonchev–Trinajstić information content (AvgIpc) is 2.83. The maximum atomic E-state index is 11.4. The van der Waals surface area contributed by atoms with Gasteiger partial charge in [-0.05, 0) is 31.5 Å². The second-order valence-electron chi connectivity index (χ2n) is 7.97. The van der Waals surface area contributed by atoms with Gasteiger partial charge in [-0.3, -0.25) is 10.1 Å². The molecule has 2 heterocycles. The maximum absolute atomic E-state index is 11.4. The van der Waals surface area contributed by atoms with Gasteiger partial charge in [0.2, 0.25) is 5.88 Å². The number of hydrogen-bond acceptors (Lipinski definition) is 7. The van der Waals surface area contributed by atoms with Crippen molar-refractivity contribution in [3.8, 4) is 22.9 Å². The smallest absolute Gasteiger partial charge is 0.270 e. The molecule has 33 heavy (non-hydrogen) atoms. The number of nitro benzene ring substituents is 1. The second-order valence-corrected chi connectivity index (χ2v) is 7.97. The van der Waals surface area contributed by atoms with Crippen LogP contribution in [0.4, 0.5) is 5.69 Å². The third-order valence-electron chi connectivity index (χ3n) is 5.65. The van der Waals surface area contributed by atoms with Gasteiger partial charge in [0.25, 0.3) is 5.69 Å². The molecule has 0 aliphatic carbocycles. The molecule has 0 amide bonds. The Balaban J connectivity index is 1.53. The third kappa shape index (κ3) is 3.96. The molecule has 1 aliphatic rings. The molecule has 1 aliphatic heterocycles. The van der Waals surface area contributed by atoms with Gasteiger partial charge in [-0.25, -0.2) is 0 Å². The minimum atomic E-state index is -0.438. The molecule has 0 unspecified atom stereocenters. The second kappa shape index (κ2) is 8.48. The number of fused-ring (bicyclic) bond motifs is 2. The van der Waals surface area contributed by atoms with Crippen molar-refractivity contribution in [2.75, 3.05) is 6.79 Å². The van der Waals surface area contributed by atoms with Crippen LogP contribution in [-0.4, -0.2) is 21.9 Å². The van der Waals surface area contributed by atoms with Crippen molar-refractivity contribution < 1.29 is 19.1 Å². The van der Waals surface area contributed by atoms with Crippen molar-refractivity contribution in [2.45, 2.75) is 27.1 Å². The monoisotopic (exact) mass is 443 g/mol. The standard InChI is InChI=1S/C25H21N3O5/c1-15-7-8-16(2)22(9-15)23-20-5-3-4-6-21(20)25(27-26-23)32-13-18-11-19(28(29)30)10-17-12-31-14-33-24(17)18/h3-11H,12-14H2,1-2H3. The molecule has 0 saturated heterocycles. The molecule has 4 aromatic rings. The predicted octanol–water partition coefficient (Wildman–Crippen LogP) is 5.27. The molecule has 0 saturated carbocycles. The first-order chi connectivity index (χ1) is 16.0. The highest BCUT2D eigenvalue weighted by molar-refractivity contribution is 5.97. The molecule has 5 rings (SSSR count). The van der Waals surface area contributed by atoms with Gasteiger partial charge >= 0.3 is 0 Å². The maximum Gasteiger partial charge on any atom is 0.270 e. The van der Waals surface area contributed by atoms with Gasteiger partial charge in [-0.15, -0.1) is 10.2 Å². The van der Waals surface area contributed by atoms with Crippen LogP contribution in [0.25, 0.3) is 22.0 Å². The van der Waals surface area contributed by atoms with Crippen LogP contribution in [0.3, 0.4) is 0 Å². The molecule has 0 radical (unpaired) electrons. The summed E-state index contributed by atoms with van der Waals surface area (Å²) in [5.74, 6) is 0.906. The predicted molar refractivity (Wildman–Crippen MR) is 122 cm³/mol. The molecule has 0 fully saturated rings. The Morgan fingerprint density at radius 2 is 1.88 bits per heavy atom. The van der Waals surface area contributed by atoms with Gasteiger partial charge in [0.15, 0.2) is 6.79 Å². The first-order valence-corrected chi connectivity index (χ1v) is 10.5. The van der Waals surface area contributed by atoms with Crippen molar-refractivity contribution in [1.29, 1.82) is 0 Å². The van der Waals surface area contributed by atoms with Gasteiger partial charge in [0.1, 0.15) is 18.1 Å². The Morgan fingerprint density at radius 3 is 2.70 bits per heavy atom. The molecule has 1 aromatic heterocycles. The van der Waals surface area contributed by atoms with E-state index >= 15 is 0 Å². The van der Waals surface area contributed by atoms with E-state index in [-0.39, 0.29) is 25.7 Å². The molecular formula is C25H21N3O5. The number of non-ortho nitro benzene ring substituents is 1. The lowest BCUT2D eigenvalue weighted by Crippen LogP contribution is -2.14. The summed E-state index contributed by atoms with van der Waals surface area (Å²) in [4.78, 5) is 10.9. The third-order valence-corrected chi connectivity index (χ3v) is 5.65. The Hall–Kier alpha value is -4.04. The lowest BCUT2D eigenvalue weighted by Gasteiger charge is -2.20. The van der Waals surface area contributed by atoms with Gasteiger partial charge in [0.05, 0.1) is 11.5 Å². The molecule has 166 valence electrons. The minimum Gasteiger partial charge on any atom is -0.471 e. The molecule has 3 aromatic carbocycles. The lowest BCUT2D eigenvalue weighted by atomic mass is 9.99. The zero-order chi connectivity index (χ0) is 22.9. The quantitative estimate of drug-likeness (QED) is 0.306. The summed E-state index contributed by atoms with van der Waals surface area (Å²) in [5.41, 5.74) is 5.20. The van der Waals surface area contributed by atoms with E-state index in [2.05, 4.69) is 28.4 Å². The van der Waals surface area contributed by atoms with Crippen molar-refractivity contribution in [1.82, 2.24) is 10.2 Å². The number of nitrogens with zero attached hydrogens (tertiary/aromatic N) is 3. The van der Waals surface area contributed by atoms with Crippen LogP contribution in [0.1, 0.15) is 22.3 Å².